The molecule has 2 aliphatic rings. The number of nitro groups is 1. The third kappa shape index (κ3) is 5.04. The molecule has 1 aliphatic carbocycles. The van der Waals surface area contributed by atoms with Gasteiger partial charge in [0.2, 0.25) is 5.88 Å². The minimum atomic E-state index is -0.536. The molecule has 1 aromatic heterocycles. The molecular weight excluding hydrogens is 422 g/mol. The van der Waals surface area contributed by atoms with Crippen LogP contribution in [-0.2, 0) is 0 Å². The fourth-order valence-electron chi connectivity index (χ4n) is 4.00. The lowest BCUT2D eigenvalue weighted by molar-refractivity contribution is -0.384. The topological polar surface area (TPSA) is 102 Å². The SMILES string of the molecule is O=C(c1cc([N+](=O)[O-])ccc1Cl)N1CCN(c2ccc(OC3CCCCC3)nn2)CC1. The molecule has 1 aliphatic heterocycles. The Morgan fingerprint density at radius 2 is 1.81 bits per heavy atom. The lowest BCUT2D eigenvalue weighted by Gasteiger charge is -2.35. The zero-order valence-electron chi connectivity index (χ0n) is 17.1. The van der Waals surface area contributed by atoms with Crippen LogP contribution >= 0.6 is 11.6 Å². The van der Waals surface area contributed by atoms with Gasteiger partial charge in [-0.1, -0.05) is 18.0 Å². The number of amides is 1. The molecule has 0 bridgehead atoms. The van der Waals surface area contributed by atoms with E-state index < -0.39 is 4.92 Å². The highest BCUT2D eigenvalue weighted by atomic mass is 35.5. The summed E-state index contributed by atoms with van der Waals surface area (Å²) in [6, 6.07) is 7.64. The van der Waals surface area contributed by atoms with Crippen molar-refractivity contribution in [1.82, 2.24) is 15.1 Å². The average molecular weight is 446 g/mol. The van der Waals surface area contributed by atoms with Crippen molar-refractivity contribution in [3.8, 4) is 5.88 Å². The first-order valence-electron chi connectivity index (χ1n) is 10.5. The number of rotatable bonds is 5. The van der Waals surface area contributed by atoms with E-state index in [0.29, 0.717) is 32.1 Å². The lowest BCUT2D eigenvalue weighted by Crippen LogP contribution is -2.49. The Bertz CT molecular complexity index is 941. The molecule has 1 saturated heterocycles. The number of benzene rings is 1. The van der Waals surface area contributed by atoms with Crippen LogP contribution in [0.15, 0.2) is 30.3 Å². The molecule has 1 amide bonds. The van der Waals surface area contributed by atoms with Crippen LogP contribution in [0.5, 0.6) is 5.88 Å². The van der Waals surface area contributed by atoms with Gasteiger partial charge in [0.05, 0.1) is 15.5 Å². The van der Waals surface area contributed by atoms with E-state index in [-0.39, 0.29) is 28.3 Å². The third-order valence-electron chi connectivity index (χ3n) is 5.75. The van der Waals surface area contributed by atoms with Crippen LogP contribution in [0.4, 0.5) is 11.5 Å². The van der Waals surface area contributed by atoms with E-state index in [1.807, 2.05) is 12.1 Å². The number of aromatic nitrogens is 2. The number of non-ortho nitro benzene ring substituents is 1. The van der Waals surface area contributed by atoms with Gasteiger partial charge in [0.25, 0.3) is 11.6 Å². The molecule has 0 spiro atoms. The molecule has 10 heteroatoms. The predicted molar refractivity (Wildman–Crippen MR) is 116 cm³/mol. The van der Waals surface area contributed by atoms with Crippen LogP contribution < -0.4 is 9.64 Å². The van der Waals surface area contributed by atoms with E-state index in [2.05, 4.69) is 15.1 Å². The van der Waals surface area contributed by atoms with Crippen LogP contribution in [0, 0.1) is 10.1 Å². The second-order valence-electron chi connectivity index (χ2n) is 7.81. The van der Waals surface area contributed by atoms with Crippen molar-refractivity contribution in [2.45, 2.75) is 38.2 Å². The summed E-state index contributed by atoms with van der Waals surface area (Å²) in [5.41, 5.74) is -0.00878. The van der Waals surface area contributed by atoms with Gasteiger partial charge in [0.15, 0.2) is 5.82 Å². The maximum Gasteiger partial charge on any atom is 0.270 e. The van der Waals surface area contributed by atoms with E-state index >= 15 is 0 Å². The molecule has 0 radical (unpaired) electrons. The molecule has 0 atom stereocenters. The number of hydrogen-bond donors (Lipinski definition) is 0. The molecule has 0 unspecified atom stereocenters. The Morgan fingerprint density at radius 1 is 1.06 bits per heavy atom. The van der Waals surface area contributed by atoms with E-state index in [0.717, 1.165) is 18.7 Å². The average Bonchev–Trinajstić information content (AvgIpc) is 2.80. The minimum Gasteiger partial charge on any atom is -0.473 e. The molecule has 31 heavy (non-hydrogen) atoms. The summed E-state index contributed by atoms with van der Waals surface area (Å²) >= 11 is 6.11. The zero-order valence-corrected chi connectivity index (χ0v) is 17.8. The van der Waals surface area contributed by atoms with Crippen molar-refractivity contribution in [2.24, 2.45) is 0 Å². The number of nitro benzene ring substituents is 1. The van der Waals surface area contributed by atoms with Gasteiger partial charge in [-0.3, -0.25) is 14.9 Å². The van der Waals surface area contributed by atoms with E-state index in [1.54, 1.807) is 4.90 Å². The summed E-state index contributed by atoms with van der Waals surface area (Å²) in [7, 11) is 0. The summed E-state index contributed by atoms with van der Waals surface area (Å²) in [6.45, 7) is 2.07. The molecule has 1 saturated carbocycles. The number of carbonyl (C=O) groups is 1. The largest absolute Gasteiger partial charge is 0.473 e. The Balaban J connectivity index is 1.34. The van der Waals surface area contributed by atoms with Gasteiger partial charge in [-0.15, -0.1) is 10.2 Å². The van der Waals surface area contributed by atoms with Crippen LogP contribution in [-0.4, -0.2) is 58.2 Å². The fourth-order valence-corrected chi connectivity index (χ4v) is 4.20. The van der Waals surface area contributed by atoms with Gasteiger partial charge in [0.1, 0.15) is 6.10 Å². The number of ether oxygens (including phenoxy) is 1. The standard InChI is InChI=1S/C21H24ClN5O4/c22-18-7-6-15(27(29)30)14-17(18)21(28)26-12-10-25(11-13-26)19-8-9-20(24-23-19)31-16-4-2-1-3-5-16/h6-9,14,16H,1-5,10-13H2. The summed E-state index contributed by atoms with van der Waals surface area (Å²) in [6.07, 6.45) is 6.01. The molecule has 2 fully saturated rings. The van der Waals surface area contributed by atoms with Crippen LogP contribution in [0.1, 0.15) is 42.5 Å². The van der Waals surface area contributed by atoms with Crippen molar-refractivity contribution in [2.75, 3.05) is 31.1 Å². The van der Waals surface area contributed by atoms with Crippen LogP contribution in [0.3, 0.4) is 0 Å². The van der Waals surface area contributed by atoms with Gasteiger partial charge < -0.3 is 14.5 Å². The second kappa shape index (κ2) is 9.47. The number of carbonyl (C=O) groups excluding carboxylic acids is 1. The van der Waals surface area contributed by atoms with Crippen molar-refractivity contribution in [3.05, 3.63) is 51.0 Å². The fraction of sp³-hybridized carbons (Fsp3) is 0.476. The normalized spacial score (nSPS) is 17.5. The first-order valence-corrected chi connectivity index (χ1v) is 10.9. The van der Waals surface area contributed by atoms with Gasteiger partial charge in [-0.2, -0.15) is 0 Å². The highest BCUT2D eigenvalue weighted by molar-refractivity contribution is 6.33. The molecular formula is C21H24ClN5O4. The third-order valence-corrected chi connectivity index (χ3v) is 6.08. The molecule has 164 valence electrons. The van der Waals surface area contributed by atoms with Crippen LogP contribution in [0.2, 0.25) is 5.02 Å². The van der Waals surface area contributed by atoms with Crippen molar-refractivity contribution >= 4 is 29.0 Å². The highest BCUT2D eigenvalue weighted by Crippen LogP contribution is 2.25. The molecule has 9 nitrogen and oxygen atoms in total. The quantitative estimate of drug-likeness (QED) is 0.510. The number of hydrogen-bond acceptors (Lipinski definition) is 7. The van der Waals surface area contributed by atoms with Gasteiger partial charge in [0, 0.05) is 44.4 Å². The Kier molecular flexibility index (Phi) is 6.50. The Hall–Kier alpha value is -2.94. The van der Waals surface area contributed by atoms with Gasteiger partial charge >= 0.3 is 0 Å². The van der Waals surface area contributed by atoms with E-state index in [1.165, 1.54) is 37.5 Å². The second-order valence-corrected chi connectivity index (χ2v) is 8.22. The predicted octanol–water partition coefficient (Wildman–Crippen LogP) is 3.71. The summed E-state index contributed by atoms with van der Waals surface area (Å²) in [5.74, 6) is 0.969. The molecule has 4 rings (SSSR count). The zero-order chi connectivity index (χ0) is 21.8. The first-order chi connectivity index (χ1) is 15.0. The number of nitrogens with zero attached hydrogens (tertiary/aromatic N) is 5. The first kappa shape index (κ1) is 21.3. The Morgan fingerprint density at radius 3 is 2.45 bits per heavy atom. The monoisotopic (exact) mass is 445 g/mol. The number of piperazine rings is 1. The summed E-state index contributed by atoms with van der Waals surface area (Å²) in [5, 5.41) is 19.7. The van der Waals surface area contributed by atoms with Crippen molar-refractivity contribution in [3.63, 3.8) is 0 Å². The Labute approximate surface area is 185 Å². The molecule has 1 aromatic carbocycles. The van der Waals surface area contributed by atoms with Gasteiger partial charge in [-0.05, 0) is 37.8 Å². The van der Waals surface area contributed by atoms with E-state index in [4.69, 9.17) is 16.3 Å². The lowest BCUT2D eigenvalue weighted by atomic mass is 9.98. The van der Waals surface area contributed by atoms with Crippen molar-refractivity contribution in [1.29, 1.82) is 0 Å². The van der Waals surface area contributed by atoms with E-state index in [9.17, 15) is 14.9 Å². The van der Waals surface area contributed by atoms with Crippen LogP contribution in [0.25, 0.3) is 0 Å². The molecule has 2 aromatic rings. The maximum absolute atomic E-state index is 12.8. The van der Waals surface area contributed by atoms with Crippen molar-refractivity contribution < 1.29 is 14.5 Å². The number of anilines is 1. The molecule has 2 heterocycles. The molecule has 0 N–H and O–H groups in total. The minimum absolute atomic E-state index is 0.147. The number of halogens is 1. The smallest absolute Gasteiger partial charge is 0.270 e. The maximum atomic E-state index is 12.8. The van der Waals surface area contributed by atoms with Gasteiger partial charge in [-0.25, -0.2) is 0 Å². The summed E-state index contributed by atoms with van der Waals surface area (Å²) in [4.78, 5) is 27.0. The highest BCUT2D eigenvalue weighted by Gasteiger charge is 2.26. The summed E-state index contributed by atoms with van der Waals surface area (Å²) < 4.78 is 5.93.